The van der Waals surface area contributed by atoms with Crippen LogP contribution in [0.4, 0.5) is 0 Å². The van der Waals surface area contributed by atoms with Crippen LogP contribution in [0.15, 0.2) is 5.38 Å². The van der Waals surface area contributed by atoms with E-state index in [0.29, 0.717) is 19.4 Å². The van der Waals surface area contributed by atoms with Crippen molar-refractivity contribution >= 4 is 35.0 Å². The Bertz CT molecular complexity index is 518. The highest BCUT2D eigenvalue weighted by atomic mass is 32.2. The quantitative estimate of drug-likeness (QED) is 0.812. The Morgan fingerprint density at radius 1 is 1.57 bits per heavy atom. The lowest BCUT2D eigenvalue weighted by Gasteiger charge is -2.23. The van der Waals surface area contributed by atoms with E-state index < -0.39 is 11.9 Å². The van der Waals surface area contributed by atoms with Gasteiger partial charge in [0.2, 0.25) is 5.91 Å². The SMILES string of the molecule is Cc1nc(CSCCC(=O)N2CCC(C(=O)O)C2C)cs1. The van der Waals surface area contributed by atoms with Crippen LogP contribution in [0.3, 0.4) is 0 Å². The maximum absolute atomic E-state index is 12.1. The third-order valence-corrected chi connectivity index (χ3v) is 5.58. The fourth-order valence-electron chi connectivity index (χ4n) is 2.58. The van der Waals surface area contributed by atoms with Gasteiger partial charge in [-0.25, -0.2) is 4.98 Å². The summed E-state index contributed by atoms with van der Waals surface area (Å²) in [7, 11) is 0. The Morgan fingerprint density at radius 3 is 2.90 bits per heavy atom. The van der Waals surface area contributed by atoms with Crippen molar-refractivity contribution in [3.63, 3.8) is 0 Å². The average molecular weight is 328 g/mol. The summed E-state index contributed by atoms with van der Waals surface area (Å²) in [5, 5.41) is 12.2. The van der Waals surface area contributed by atoms with Gasteiger partial charge < -0.3 is 10.0 Å². The molecule has 0 bridgehead atoms. The molecule has 0 aliphatic carbocycles. The molecule has 1 fully saturated rings. The number of thiazole rings is 1. The first-order chi connectivity index (χ1) is 9.99. The Morgan fingerprint density at radius 2 is 2.33 bits per heavy atom. The van der Waals surface area contributed by atoms with E-state index in [1.54, 1.807) is 28.0 Å². The lowest BCUT2D eigenvalue weighted by atomic mass is 10.0. The van der Waals surface area contributed by atoms with Crippen molar-refractivity contribution < 1.29 is 14.7 Å². The zero-order chi connectivity index (χ0) is 15.4. The van der Waals surface area contributed by atoms with Crippen molar-refractivity contribution in [1.29, 1.82) is 0 Å². The van der Waals surface area contributed by atoms with E-state index in [0.717, 1.165) is 22.2 Å². The number of likely N-dealkylation sites (tertiary alicyclic amines) is 1. The molecule has 7 heteroatoms. The molecule has 1 saturated heterocycles. The Kier molecular flexibility index (Phi) is 5.64. The standard InChI is InChI=1S/C14H20N2O3S2/c1-9-12(14(18)19)3-5-16(9)13(17)4-6-20-7-11-8-21-10(2)15-11/h8-9,12H,3-7H2,1-2H3,(H,18,19). The van der Waals surface area contributed by atoms with Crippen LogP contribution in [0.5, 0.6) is 0 Å². The molecular formula is C14H20N2O3S2. The molecule has 1 amide bonds. The molecule has 1 aromatic rings. The van der Waals surface area contributed by atoms with E-state index in [2.05, 4.69) is 4.98 Å². The average Bonchev–Trinajstić information content (AvgIpc) is 3.00. The summed E-state index contributed by atoms with van der Waals surface area (Å²) in [5.74, 6) is 0.417. The summed E-state index contributed by atoms with van der Waals surface area (Å²) < 4.78 is 0. The summed E-state index contributed by atoms with van der Waals surface area (Å²) in [6.07, 6.45) is 1.03. The van der Waals surface area contributed by atoms with Gasteiger partial charge in [0.15, 0.2) is 0 Å². The van der Waals surface area contributed by atoms with Crippen molar-refractivity contribution in [3.8, 4) is 0 Å². The van der Waals surface area contributed by atoms with E-state index in [1.807, 2.05) is 19.2 Å². The second-order valence-corrected chi connectivity index (χ2v) is 7.39. The highest BCUT2D eigenvalue weighted by Crippen LogP contribution is 2.25. The zero-order valence-electron chi connectivity index (χ0n) is 12.2. The number of carbonyl (C=O) groups excluding carboxylic acids is 1. The van der Waals surface area contributed by atoms with Crippen LogP contribution >= 0.6 is 23.1 Å². The van der Waals surface area contributed by atoms with E-state index >= 15 is 0 Å². The summed E-state index contributed by atoms with van der Waals surface area (Å²) in [6, 6.07) is -0.193. The molecular weight excluding hydrogens is 308 g/mol. The lowest BCUT2D eigenvalue weighted by molar-refractivity contribution is -0.143. The van der Waals surface area contributed by atoms with Crippen molar-refractivity contribution in [2.45, 2.75) is 38.5 Å². The van der Waals surface area contributed by atoms with Crippen LogP contribution in [-0.2, 0) is 15.3 Å². The van der Waals surface area contributed by atoms with E-state index in [4.69, 9.17) is 5.11 Å². The predicted molar refractivity (Wildman–Crippen MR) is 84.5 cm³/mol. The molecule has 1 aliphatic heterocycles. The summed E-state index contributed by atoms with van der Waals surface area (Å²) in [4.78, 5) is 29.3. The summed E-state index contributed by atoms with van der Waals surface area (Å²) in [5.41, 5.74) is 1.07. The maximum Gasteiger partial charge on any atom is 0.308 e. The summed E-state index contributed by atoms with van der Waals surface area (Å²) >= 11 is 3.33. The lowest BCUT2D eigenvalue weighted by Crippen LogP contribution is -2.37. The first kappa shape index (κ1) is 16.3. The van der Waals surface area contributed by atoms with E-state index in [9.17, 15) is 9.59 Å². The fourth-order valence-corrected chi connectivity index (χ4v) is 4.11. The summed E-state index contributed by atoms with van der Waals surface area (Å²) in [6.45, 7) is 4.37. The molecule has 2 heterocycles. The molecule has 2 rings (SSSR count). The number of carboxylic acids is 1. The number of aromatic nitrogens is 1. The molecule has 21 heavy (non-hydrogen) atoms. The minimum atomic E-state index is -0.800. The molecule has 1 aliphatic rings. The van der Waals surface area contributed by atoms with Crippen LogP contribution in [0.2, 0.25) is 0 Å². The zero-order valence-corrected chi connectivity index (χ0v) is 13.9. The van der Waals surface area contributed by atoms with E-state index in [-0.39, 0.29) is 11.9 Å². The molecule has 2 unspecified atom stereocenters. The van der Waals surface area contributed by atoms with Crippen LogP contribution < -0.4 is 0 Å². The van der Waals surface area contributed by atoms with Crippen molar-refractivity contribution in [2.24, 2.45) is 5.92 Å². The third-order valence-electron chi connectivity index (χ3n) is 3.77. The molecule has 0 radical (unpaired) electrons. The third kappa shape index (κ3) is 4.20. The first-order valence-electron chi connectivity index (χ1n) is 7.00. The fraction of sp³-hybridized carbons (Fsp3) is 0.643. The van der Waals surface area contributed by atoms with Crippen LogP contribution in [0.1, 0.15) is 30.5 Å². The number of aryl methyl sites for hydroxylation is 1. The molecule has 5 nitrogen and oxygen atoms in total. The molecule has 0 aromatic carbocycles. The predicted octanol–water partition coefficient (Wildman–Crippen LogP) is 2.40. The molecule has 116 valence electrons. The Hall–Kier alpha value is -1.08. The van der Waals surface area contributed by atoms with Crippen molar-refractivity contribution in [3.05, 3.63) is 16.1 Å². The molecule has 1 N–H and O–H groups in total. The van der Waals surface area contributed by atoms with Crippen LogP contribution in [0.25, 0.3) is 0 Å². The number of nitrogens with zero attached hydrogens (tertiary/aromatic N) is 2. The first-order valence-corrected chi connectivity index (χ1v) is 9.03. The van der Waals surface area contributed by atoms with Crippen LogP contribution in [-0.4, -0.2) is 45.2 Å². The minimum absolute atomic E-state index is 0.0632. The van der Waals surface area contributed by atoms with Gasteiger partial charge in [-0.15, -0.1) is 11.3 Å². The van der Waals surface area contributed by atoms with E-state index in [1.165, 1.54) is 0 Å². The number of thioether (sulfide) groups is 1. The Balaban J connectivity index is 1.71. The molecule has 0 spiro atoms. The van der Waals surface area contributed by atoms with Gasteiger partial charge in [-0.3, -0.25) is 9.59 Å². The number of carboxylic acid groups (broad SMARTS) is 1. The molecule has 2 atom stereocenters. The minimum Gasteiger partial charge on any atom is -0.481 e. The normalized spacial score (nSPS) is 21.7. The van der Waals surface area contributed by atoms with Gasteiger partial charge in [0.1, 0.15) is 0 Å². The van der Waals surface area contributed by atoms with Gasteiger partial charge in [-0.05, 0) is 20.3 Å². The van der Waals surface area contributed by atoms with Gasteiger partial charge >= 0.3 is 5.97 Å². The Labute approximate surface area is 132 Å². The highest BCUT2D eigenvalue weighted by molar-refractivity contribution is 7.98. The maximum atomic E-state index is 12.1. The molecule has 0 saturated carbocycles. The van der Waals surface area contributed by atoms with Gasteiger partial charge in [0.05, 0.1) is 16.6 Å². The second-order valence-electron chi connectivity index (χ2n) is 5.22. The van der Waals surface area contributed by atoms with Gasteiger partial charge in [0.25, 0.3) is 0 Å². The number of amides is 1. The van der Waals surface area contributed by atoms with Crippen molar-refractivity contribution in [1.82, 2.24) is 9.88 Å². The number of aliphatic carboxylic acids is 1. The largest absolute Gasteiger partial charge is 0.481 e. The number of carbonyl (C=O) groups is 2. The highest BCUT2D eigenvalue weighted by Gasteiger charge is 2.37. The molecule has 1 aromatic heterocycles. The number of rotatable bonds is 6. The van der Waals surface area contributed by atoms with Gasteiger partial charge in [0, 0.05) is 35.9 Å². The number of hydrogen-bond donors (Lipinski definition) is 1. The van der Waals surface area contributed by atoms with Crippen LogP contribution in [0, 0.1) is 12.8 Å². The second kappa shape index (κ2) is 7.26. The number of hydrogen-bond acceptors (Lipinski definition) is 5. The monoisotopic (exact) mass is 328 g/mol. The van der Waals surface area contributed by atoms with Gasteiger partial charge in [-0.2, -0.15) is 11.8 Å². The smallest absolute Gasteiger partial charge is 0.308 e. The van der Waals surface area contributed by atoms with Crippen molar-refractivity contribution in [2.75, 3.05) is 12.3 Å². The topological polar surface area (TPSA) is 70.5 Å². The van der Waals surface area contributed by atoms with Gasteiger partial charge in [-0.1, -0.05) is 0 Å².